The molecule has 2 aromatic rings. The van der Waals surface area contributed by atoms with Gasteiger partial charge in [0.25, 0.3) is 6.43 Å². The SMILES string of the molecule is CCCn1c(CC(NC)C(F)F)nc2ccccc21. The summed E-state index contributed by atoms with van der Waals surface area (Å²) >= 11 is 0. The van der Waals surface area contributed by atoms with Gasteiger partial charge in [0.05, 0.1) is 17.1 Å². The minimum atomic E-state index is -2.39. The highest BCUT2D eigenvalue weighted by molar-refractivity contribution is 5.75. The summed E-state index contributed by atoms with van der Waals surface area (Å²) in [6, 6.07) is 6.91. The third kappa shape index (κ3) is 2.92. The summed E-state index contributed by atoms with van der Waals surface area (Å²) in [5.74, 6) is 0.725. The highest BCUT2D eigenvalue weighted by atomic mass is 19.3. The molecule has 1 unspecified atom stereocenters. The van der Waals surface area contributed by atoms with E-state index in [9.17, 15) is 8.78 Å². The number of hydrogen-bond donors (Lipinski definition) is 1. The topological polar surface area (TPSA) is 29.9 Å². The number of nitrogens with zero attached hydrogens (tertiary/aromatic N) is 2. The normalized spacial score (nSPS) is 13.3. The van der Waals surface area contributed by atoms with E-state index in [1.165, 1.54) is 0 Å². The lowest BCUT2D eigenvalue weighted by Crippen LogP contribution is -2.35. The number of benzene rings is 1. The van der Waals surface area contributed by atoms with Crippen LogP contribution in [0.15, 0.2) is 24.3 Å². The zero-order valence-electron chi connectivity index (χ0n) is 11.2. The molecule has 1 aromatic heterocycles. The smallest absolute Gasteiger partial charge is 0.254 e. The lowest BCUT2D eigenvalue weighted by atomic mass is 10.2. The van der Waals surface area contributed by atoms with Crippen LogP contribution in [0, 0.1) is 0 Å². The van der Waals surface area contributed by atoms with Crippen LogP contribution in [0.4, 0.5) is 8.78 Å². The van der Waals surface area contributed by atoms with Gasteiger partial charge in [-0.1, -0.05) is 19.1 Å². The molecule has 0 radical (unpaired) electrons. The van der Waals surface area contributed by atoms with Crippen molar-refractivity contribution in [1.82, 2.24) is 14.9 Å². The van der Waals surface area contributed by atoms with Gasteiger partial charge in [-0.15, -0.1) is 0 Å². The molecule has 0 aliphatic rings. The van der Waals surface area contributed by atoms with E-state index >= 15 is 0 Å². The third-order valence-corrected chi connectivity index (χ3v) is 3.26. The van der Waals surface area contributed by atoms with Gasteiger partial charge in [0, 0.05) is 13.0 Å². The number of para-hydroxylation sites is 2. The molecule has 0 aliphatic carbocycles. The van der Waals surface area contributed by atoms with E-state index in [-0.39, 0.29) is 6.42 Å². The summed E-state index contributed by atoms with van der Waals surface area (Å²) in [5.41, 5.74) is 1.89. The van der Waals surface area contributed by atoms with Crippen LogP contribution in [0.2, 0.25) is 0 Å². The van der Waals surface area contributed by atoms with Crippen molar-refractivity contribution in [2.45, 2.75) is 38.8 Å². The maximum atomic E-state index is 12.9. The Kier molecular flexibility index (Phi) is 4.47. The van der Waals surface area contributed by atoms with E-state index in [4.69, 9.17) is 0 Å². The zero-order chi connectivity index (χ0) is 13.8. The molecular weight excluding hydrogens is 248 g/mol. The lowest BCUT2D eigenvalue weighted by molar-refractivity contribution is 0.101. The minimum Gasteiger partial charge on any atom is -0.328 e. The van der Waals surface area contributed by atoms with Gasteiger partial charge in [-0.25, -0.2) is 13.8 Å². The van der Waals surface area contributed by atoms with Crippen molar-refractivity contribution in [2.24, 2.45) is 0 Å². The standard InChI is InChI=1S/C14H19F2N3/c1-3-8-19-12-7-5-4-6-10(12)18-13(19)9-11(17-2)14(15)16/h4-7,11,14,17H,3,8-9H2,1-2H3. The van der Waals surface area contributed by atoms with Crippen molar-refractivity contribution in [3.8, 4) is 0 Å². The molecule has 0 bridgehead atoms. The molecule has 0 saturated carbocycles. The largest absolute Gasteiger partial charge is 0.328 e. The number of halogens is 2. The number of likely N-dealkylation sites (N-methyl/N-ethyl adjacent to an activating group) is 1. The molecule has 1 atom stereocenters. The van der Waals surface area contributed by atoms with Crippen LogP contribution in [0.25, 0.3) is 11.0 Å². The summed E-state index contributed by atoms with van der Waals surface area (Å²) in [6.45, 7) is 2.87. The second kappa shape index (κ2) is 6.10. The van der Waals surface area contributed by atoms with Crippen molar-refractivity contribution in [3.63, 3.8) is 0 Å². The Morgan fingerprint density at radius 2 is 2.05 bits per heavy atom. The van der Waals surface area contributed by atoms with E-state index in [1.54, 1.807) is 7.05 Å². The van der Waals surface area contributed by atoms with E-state index in [1.807, 2.05) is 28.8 Å². The second-order valence-corrected chi connectivity index (χ2v) is 4.60. The van der Waals surface area contributed by atoms with Crippen LogP contribution < -0.4 is 5.32 Å². The van der Waals surface area contributed by atoms with Crippen LogP contribution in [0.1, 0.15) is 19.2 Å². The number of aryl methyl sites for hydroxylation is 1. The predicted octanol–water partition coefficient (Wildman–Crippen LogP) is 2.84. The summed E-state index contributed by atoms with van der Waals surface area (Å²) < 4.78 is 27.8. The Balaban J connectivity index is 2.38. The van der Waals surface area contributed by atoms with Gasteiger partial charge in [-0.2, -0.15) is 0 Å². The first-order valence-corrected chi connectivity index (χ1v) is 6.57. The highest BCUT2D eigenvalue weighted by Gasteiger charge is 2.22. The summed E-state index contributed by atoms with van der Waals surface area (Å²) in [5, 5.41) is 2.66. The van der Waals surface area contributed by atoms with Crippen LogP contribution in [-0.4, -0.2) is 29.1 Å². The van der Waals surface area contributed by atoms with E-state index < -0.39 is 12.5 Å². The molecule has 2 rings (SSSR count). The molecule has 0 fully saturated rings. The first kappa shape index (κ1) is 13.9. The lowest BCUT2D eigenvalue weighted by Gasteiger charge is -2.15. The maximum absolute atomic E-state index is 12.9. The van der Waals surface area contributed by atoms with Gasteiger partial charge >= 0.3 is 0 Å². The van der Waals surface area contributed by atoms with E-state index in [2.05, 4.69) is 17.2 Å². The fourth-order valence-corrected chi connectivity index (χ4v) is 2.27. The quantitative estimate of drug-likeness (QED) is 0.872. The molecule has 1 heterocycles. The molecule has 0 aliphatic heterocycles. The molecule has 19 heavy (non-hydrogen) atoms. The first-order valence-electron chi connectivity index (χ1n) is 6.57. The molecule has 0 amide bonds. The van der Waals surface area contributed by atoms with Gasteiger partial charge in [-0.05, 0) is 25.6 Å². The van der Waals surface area contributed by atoms with Gasteiger partial charge in [-0.3, -0.25) is 0 Å². The van der Waals surface area contributed by atoms with Crippen LogP contribution in [0.3, 0.4) is 0 Å². The number of hydrogen-bond acceptors (Lipinski definition) is 2. The molecule has 0 saturated heterocycles. The number of rotatable bonds is 6. The van der Waals surface area contributed by atoms with Crippen molar-refractivity contribution in [2.75, 3.05) is 7.05 Å². The zero-order valence-corrected chi connectivity index (χ0v) is 11.2. The Bertz CT molecular complexity index is 536. The van der Waals surface area contributed by atoms with Crippen molar-refractivity contribution >= 4 is 11.0 Å². The van der Waals surface area contributed by atoms with Gasteiger partial charge < -0.3 is 9.88 Å². The van der Waals surface area contributed by atoms with Crippen molar-refractivity contribution < 1.29 is 8.78 Å². The average molecular weight is 267 g/mol. The minimum absolute atomic E-state index is 0.239. The maximum Gasteiger partial charge on any atom is 0.254 e. The van der Waals surface area contributed by atoms with E-state index in [0.29, 0.717) is 0 Å². The number of aromatic nitrogens is 2. The van der Waals surface area contributed by atoms with E-state index in [0.717, 1.165) is 29.8 Å². The number of nitrogens with one attached hydrogen (secondary N) is 1. The molecule has 1 N–H and O–H groups in total. The fraction of sp³-hybridized carbons (Fsp3) is 0.500. The Hall–Kier alpha value is -1.49. The van der Waals surface area contributed by atoms with Gasteiger partial charge in [0.2, 0.25) is 0 Å². The average Bonchev–Trinajstić information content (AvgIpc) is 2.74. The summed E-state index contributed by atoms with van der Waals surface area (Å²) in [6.07, 6.45) is -1.20. The Morgan fingerprint density at radius 1 is 1.32 bits per heavy atom. The molecule has 104 valence electrons. The Morgan fingerprint density at radius 3 is 2.68 bits per heavy atom. The van der Waals surface area contributed by atoms with Crippen LogP contribution in [-0.2, 0) is 13.0 Å². The Labute approximate surface area is 111 Å². The van der Waals surface area contributed by atoms with Crippen molar-refractivity contribution in [1.29, 1.82) is 0 Å². The summed E-state index contributed by atoms with van der Waals surface area (Å²) in [4.78, 5) is 4.49. The number of imidazole rings is 1. The fourth-order valence-electron chi connectivity index (χ4n) is 2.27. The molecule has 3 nitrogen and oxygen atoms in total. The molecule has 1 aromatic carbocycles. The second-order valence-electron chi connectivity index (χ2n) is 4.60. The summed E-state index contributed by atoms with van der Waals surface area (Å²) in [7, 11) is 1.56. The number of fused-ring (bicyclic) bond motifs is 1. The highest BCUT2D eigenvalue weighted by Crippen LogP contribution is 2.18. The van der Waals surface area contributed by atoms with Crippen molar-refractivity contribution in [3.05, 3.63) is 30.1 Å². The monoisotopic (exact) mass is 267 g/mol. The molecule has 5 heteroatoms. The van der Waals surface area contributed by atoms with Crippen LogP contribution >= 0.6 is 0 Å². The first-order chi connectivity index (χ1) is 9.17. The number of alkyl halides is 2. The van der Waals surface area contributed by atoms with Gasteiger partial charge in [0.1, 0.15) is 5.82 Å². The van der Waals surface area contributed by atoms with Crippen LogP contribution in [0.5, 0.6) is 0 Å². The van der Waals surface area contributed by atoms with Gasteiger partial charge in [0.15, 0.2) is 0 Å². The molecular formula is C14H19F2N3. The predicted molar refractivity (Wildman–Crippen MR) is 72.6 cm³/mol. The third-order valence-electron chi connectivity index (χ3n) is 3.26. The molecule has 0 spiro atoms.